The van der Waals surface area contributed by atoms with Crippen molar-refractivity contribution in [3.8, 4) is 0 Å². The minimum absolute atomic E-state index is 0.293. The molecule has 1 fully saturated rings. The first-order chi connectivity index (χ1) is 9.21. The molecule has 0 aromatic heterocycles. The summed E-state index contributed by atoms with van der Waals surface area (Å²) in [5.74, 6) is -0.511. The lowest BCUT2D eigenvalue weighted by molar-refractivity contribution is -0.140. The van der Waals surface area contributed by atoms with Gasteiger partial charge in [-0.1, -0.05) is 17.7 Å². The highest BCUT2D eigenvalue weighted by Gasteiger charge is 2.58. The van der Waals surface area contributed by atoms with Crippen LogP contribution in [0.5, 0.6) is 0 Å². The van der Waals surface area contributed by atoms with E-state index in [1.165, 1.54) is 11.4 Å². The summed E-state index contributed by atoms with van der Waals surface area (Å²) >= 11 is 0. The second-order valence-electron chi connectivity index (χ2n) is 5.27. The van der Waals surface area contributed by atoms with Crippen molar-refractivity contribution in [1.82, 2.24) is 4.31 Å². The van der Waals surface area contributed by atoms with Gasteiger partial charge in [0.1, 0.15) is 6.04 Å². The van der Waals surface area contributed by atoms with E-state index >= 15 is 0 Å². The van der Waals surface area contributed by atoms with Crippen LogP contribution in [-0.2, 0) is 19.6 Å². The van der Waals surface area contributed by atoms with E-state index in [0.717, 1.165) is 5.56 Å². The summed E-state index contributed by atoms with van der Waals surface area (Å²) in [6, 6.07) is 2.61. The van der Waals surface area contributed by atoms with Crippen LogP contribution in [0.25, 0.3) is 0 Å². The summed E-state index contributed by atoms with van der Waals surface area (Å²) in [4.78, 5) is 11.9. The Kier molecular flexibility index (Phi) is 3.64. The zero-order chi connectivity index (χ0) is 15.2. The Morgan fingerprint density at radius 1 is 1.20 bits per heavy atom. The zero-order valence-corrected chi connectivity index (χ0v) is 13.1. The first-order valence-electron chi connectivity index (χ1n) is 6.41. The molecule has 1 unspecified atom stereocenters. The van der Waals surface area contributed by atoms with Crippen LogP contribution in [-0.4, -0.2) is 37.9 Å². The van der Waals surface area contributed by atoms with Crippen molar-refractivity contribution in [2.45, 2.75) is 44.7 Å². The Balaban J connectivity index is 2.46. The zero-order valence-electron chi connectivity index (χ0n) is 12.3. The van der Waals surface area contributed by atoms with Crippen LogP contribution in [0.2, 0.25) is 0 Å². The quantitative estimate of drug-likeness (QED) is 0.627. The standard InChI is InChI=1S/C14H19NO4S/c1-8-6-9(2)13(10(3)7-8)20(17,18)15-11(4)12(15)14(16)19-5/h6-7,11-12H,1-5H3/t11-,12+,15?/m0/s1. The minimum atomic E-state index is -3.66. The molecule has 0 radical (unpaired) electrons. The molecule has 3 atom stereocenters. The van der Waals surface area contributed by atoms with Gasteiger partial charge in [0.25, 0.3) is 0 Å². The number of ether oxygens (including phenoxy) is 1. The number of rotatable bonds is 3. The Morgan fingerprint density at radius 3 is 2.15 bits per heavy atom. The molecule has 0 saturated carbocycles. The largest absolute Gasteiger partial charge is 0.468 e. The van der Waals surface area contributed by atoms with E-state index in [-0.39, 0.29) is 6.04 Å². The molecule has 6 heteroatoms. The molecule has 1 aliphatic rings. The number of carbonyl (C=O) groups excluding carboxylic acids is 1. The summed E-state index contributed by atoms with van der Waals surface area (Å²) in [6.45, 7) is 7.17. The van der Waals surface area contributed by atoms with Crippen molar-refractivity contribution >= 4 is 16.0 Å². The molecule has 1 aromatic carbocycles. The lowest BCUT2D eigenvalue weighted by Gasteiger charge is -2.13. The number of benzene rings is 1. The van der Waals surface area contributed by atoms with Gasteiger partial charge in [-0.3, -0.25) is 4.79 Å². The van der Waals surface area contributed by atoms with Crippen molar-refractivity contribution in [3.05, 3.63) is 28.8 Å². The molecular weight excluding hydrogens is 278 g/mol. The number of nitrogens with zero attached hydrogens (tertiary/aromatic N) is 1. The number of methoxy groups -OCH3 is 1. The molecule has 110 valence electrons. The predicted molar refractivity (Wildman–Crippen MR) is 74.9 cm³/mol. The molecule has 0 amide bonds. The summed E-state index contributed by atoms with van der Waals surface area (Å²) < 4.78 is 31.3. The number of sulfonamides is 1. The van der Waals surface area contributed by atoms with Gasteiger partial charge < -0.3 is 4.74 Å². The van der Waals surface area contributed by atoms with Gasteiger partial charge in [-0.15, -0.1) is 0 Å². The van der Waals surface area contributed by atoms with Crippen LogP contribution >= 0.6 is 0 Å². The average Bonchev–Trinajstić information content (AvgIpc) is 2.99. The summed E-state index contributed by atoms with van der Waals surface area (Å²) in [7, 11) is -2.40. The Morgan fingerprint density at radius 2 is 1.70 bits per heavy atom. The maximum absolute atomic E-state index is 12.7. The third kappa shape index (κ3) is 2.23. The third-order valence-corrected chi connectivity index (χ3v) is 5.90. The predicted octanol–water partition coefficient (Wildman–Crippen LogP) is 1.55. The molecule has 20 heavy (non-hydrogen) atoms. The Labute approximate surface area is 119 Å². The van der Waals surface area contributed by atoms with Gasteiger partial charge in [0.2, 0.25) is 10.0 Å². The van der Waals surface area contributed by atoms with Gasteiger partial charge in [0, 0.05) is 0 Å². The van der Waals surface area contributed by atoms with E-state index in [9.17, 15) is 13.2 Å². The molecule has 0 bridgehead atoms. The van der Waals surface area contributed by atoms with Crippen LogP contribution in [0.1, 0.15) is 23.6 Å². The first-order valence-corrected chi connectivity index (χ1v) is 7.85. The van der Waals surface area contributed by atoms with E-state index in [1.807, 2.05) is 19.1 Å². The molecule has 1 aliphatic heterocycles. The highest BCUT2D eigenvalue weighted by Crippen LogP contribution is 2.38. The molecule has 0 spiro atoms. The second kappa shape index (κ2) is 4.86. The average molecular weight is 297 g/mol. The fourth-order valence-electron chi connectivity index (χ4n) is 2.79. The maximum Gasteiger partial charge on any atom is 0.325 e. The molecule has 1 aromatic rings. The third-order valence-electron chi connectivity index (χ3n) is 3.63. The number of carbonyl (C=O) groups is 1. The summed E-state index contributed by atoms with van der Waals surface area (Å²) in [5.41, 5.74) is 2.41. The number of esters is 1. The first kappa shape index (κ1) is 15.0. The monoisotopic (exact) mass is 297 g/mol. The highest BCUT2D eigenvalue weighted by molar-refractivity contribution is 7.89. The van der Waals surface area contributed by atoms with Gasteiger partial charge in [0.15, 0.2) is 0 Å². The van der Waals surface area contributed by atoms with E-state index in [2.05, 4.69) is 4.74 Å². The fourth-order valence-corrected chi connectivity index (χ4v) is 4.99. The number of aryl methyl sites for hydroxylation is 3. The molecular formula is C14H19NO4S. The number of hydrogen-bond donors (Lipinski definition) is 0. The van der Waals surface area contributed by atoms with Gasteiger partial charge in [-0.05, 0) is 38.8 Å². The lowest BCUT2D eigenvalue weighted by Crippen LogP contribution is -2.21. The van der Waals surface area contributed by atoms with Crippen LogP contribution in [0.3, 0.4) is 0 Å². The summed E-state index contributed by atoms with van der Waals surface area (Å²) in [5, 5.41) is 0. The van der Waals surface area contributed by atoms with Crippen LogP contribution in [0, 0.1) is 20.8 Å². The Hall–Kier alpha value is -1.40. The van der Waals surface area contributed by atoms with Crippen molar-refractivity contribution < 1.29 is 17.9 Å². The van der Waals surface area contributed by atoms with Gasteiger partial charge >= 0.3 is 5.97 Å². The molecule has 1 heterocycles. The van der Waals surface area contributed by atoms with E-state index < -0.39 is 22.0 Å². The van der Waals surface area contributed by atoms with Crippen molar-refractivity contribution in [2.75, 3.05) is 7.11 Å². The van der Waals surface area contributed by atoms with Crippen LogP contribution in [0.4, 0.5) is 0 Å². The van der Waals surface area contributed by atoms with Crippen molar-refractivity contribution in [2.24, 2.45) is 0 Å². The maximum atomic E-state index is 12.7. The van der Waals surface area contributed by atoms with Crippen LogP contribution in [0.15, 0.2) is 17.0 Å². The lowest BCUT2D eigenvalue weighted by atomic mass is 10.1. The number of hydrogen-bond acceptors (Lipinski definition) is 4. The second-order valence-corrected chi connectivity index (χ2v) is 7.05. The van der Waals surface area contributed by atoms with E-state index in [4.69, 9.17) is 0 Å². The van der Waals surface area contributed by atoms with Gasteiger partial charge in [-0.2, -0.15) is 4.31 Å². The van der Waals surface area contributed by atoms with Gasteiger partial charge in [-0.25, -0.2) is 8.42 Å². The van der Waals surface area contributed by atoms with Crippen LogP contribution < -0.4 is 0 Å². The minimum Gasteiger partial charge on any atom is -0.468 e. The highest BCUT2D eigenvalue weighted by atomic mass is 32.2. The topological polar surface area (TPSA) is 63.5 Å². The van der Waals surface area contributed by atoms with Gasteiger partial charge in [0.05, 0.1) is 18.0 Å². The molecule has 2 rings (SSSR count). The van der Waals surface area contributed by atoms with E-state index in [0.29, 0.717) is 16.0 Å². The molecule has 0 N–H and O–H groups in total. The van der Waals surface area contributed by atoms with Crippen molar-refractivity contribution in [1.29, 1.82) is 0 Å². The smallest absolute Gasteiger partial charge is 0.325 e. The fraction of sp³-hybridized carbons (Fsp3) is 0.500. The van der Waals surface area contributed by atoms with E-state index in [1.54, 1.807) is 20.8 Å². The Bertz CT molecular complexity index is 643. The molecule has 5 nitrogen and oxygen atoms in total. The normalized spacial score (nSPS) is 25.4. The molecule has 1 saturated heterocycles. The SMILES string of the molecule is COC(=O)[C@H]1[C@H](C)N1S(=O)(=O)c1c(C)cc(C)cc1C. The van der Waals surface area contributed by atoms with Crippen molar-refractivity contribution in [3.63, 3.8) is 0 Å². The molecule has 0 aliphatic carbocycles. The summed E-state index contributed by atoms with van der Waals surface area (Å²) in [6.07, 6.45) is 0.